The molecule has 0 spiro atoms. The third kappa shape index (κ3) is 1.81. The van der Waals surface area contributed by atoms with E-state index >= 15 is 0 Å². The normalized spacial score (nSPS) is 32.2. The molecule has 1 rings (SSSR count). The predicted octanol–water partition coefficient (Wildman–Crippen LogP) is 1.41. The van der Waals surface area contributed by atoms with E-state index in [0.717, 1.165) is 0 Å². The molecule has 0 fully saturated rings. The molecule has 13 heavy (non-hydrogen) atoms. The van der Waals surface area contributed by atoms with Gasteiger partial charge in [-0.15, -0.1) is 0 Å². The summed E-state index contributed by atoms with van der Waals surface area (Å²) >= 11 is 0. The van der Waals surface area contributed by atoms with Gasteiger partial charge in [-0.3, -0.25) is 4.79 Å². The van der Waals surface area contributed by atoms with Crippen molar-refractivity contribution >= 4 is 5.78 Å². The van der Waals surface area contributed by atoms with Gasteiger partial charge in [-0.2, -0.15) is 0 Å². The second-order valence-corrected chi connectivity index (χ2v) is 3.56. The van der Waals surface area contributed by atoms with Crippen molar-refractivity contribution in [3.05, 3.63) is 12.2 Å². The van der Waals surface area contributed by atoms with Gasteiger partial charge in [0.25, 0.3) is 0 Å². The number of ether oxygens (including phenoxy) is 1. The highest BCUT2D eigenvalue weighted by atomic mass is 16.6. The number of ketones is 1. The molecule has 1 atom stereocenters. The van der Waals surface area contributed by atoms with Crippen LogP contribution in [0.4, 0.5) is 0 Å². The van der Waals surface area contributed by atoms with Crippen LogP contribution in [0.2, 0.25) is 0 Å². The average Bonchev–Trinajstić information content (AvgIpc) is 2.09. The maximum Gasteiger partial charge on any atom is 0.187 e. The lowest BCUT2D eigenvalue weighted by Gasteiger charge is -2.38. The van der Waals surface area contributed by atoms with Crippen LogP contribution in [0.15, 0.2) is 12.2 Å². The second-order valence-electron chi connectivity index (χ2n) is 3.56. The summed E-state index contributed by atoms with van der Waals surface area (Å²) in [7, 11) is 0. The van der Waals surface area contributed by atoms with Crippen LogP contribution in [0, 0.1) is 0 Å². The molecule has 0 aromatic rings. The molecular formula is C10H16O3. The number of carbonyl (C=O) groups excluding carboxylic acids is 1. The molecule has 1 N–H and O–H groups in total. The van der Waals surface area contributed by atoms with Crippen LogP contribution >= 0.6 is 0 Å². The van der Waals surface area contributed by atoms with Gasteiger partial charge in [-0.05, 0) is 31.9 Å². The standard InChI is InChI=1S/C10H16O3/c1-4-10(5-2)8(11)6-7-9(3,12)13-10/h6-7,12H,4-5H2,1-3H3. The minimum atomic E-state index is -1.31. The van der Waals surface area contributed by atoms with E-state index in [2.05, 4.69) is 0 Å². The Balaban J connectivity index is 3.00. The summed E-state index contributed by atoms with van der Waals surface area (Å²) in [6.45, 7) is 5.31. The zero-order valence-corrected chi connectivity index (χ0v) is 8.33. The summed E-state index contributed by atoms with van der Waals surface area (Å²) < 4.78 is 5.39. The van der Waals surface area contributed by atoms with Gasteiger partial charge in [-0.1, -0.05) is 13.8 Å². The highest BCUT2D eigenvalue weighted by Gasteiger charge is 2.42. The van der Waals surface area contributed by atoms with Gasteiger partial charge in [0, 0.05) is 0 Å². The Hall–Kier alpha value is -0.670. The quantitative estimate of drug-likeness (QED) is 0.705. The molecule has 0 radical (unpaired) electrons. The van der Waals surface area contributed by atoms with Gasteiger partial charge in [-0.25, -0.2) is 0 Å². The molecule has 0 aromatic heterocycles. The largest absolute Gasteiger partial charge is 0.362 e. The summed E-state index contributed by atoms with van der Waals surface area (Å²) in [6, 6.07) is 0. The maximum atomic E-state index is 11.5. The monoisotopic (exact) mass is 184 g/mol. The highest BCUT2D eigenvalue weighted by Crippen LogP contribution is 2.31. The van der Waals surface area contributed by atoms with Crippen molar-refractivity contribution in [2.75, 3.05) is 0 Å². The molecule has 1 aliphatic heterocycles. The molecular weight excluding hydrogens is 168 g/mol. The van der Waals surface area contributed by atoms with Gasteiger partial charge < -0.3 is 9.84 Å². The summed E-state index contributed by atoms with van der Waals surface area (Å²) in [5.74, 6) is -1.36. The maximum absolute atomic E-state index is 11.5. The summed E-state index contributed by atoms with van der Waals surface area (Å²) in [5.41, 5.74) is -0.821. The Bertz CT molecular complexity index is 237. The van der Waals surface area contributed by atoms with Crippen molar-refractivity contribution in [2.45, 2.75) is 45.0 Å². The lowest BCUT2D eigenvalue weighted by Crippen LogP contribution is -2.49. The lowest BCUT2D eigenvalue weighted by molar-refractivity contribution is -0.229. The van der Waals surface area contributed by atoms with Crippen molar-refractivity contribution in [3.8, 4) is 0 Å². The van der Waals surface area contributed by atoms with Crippen molar-refractivity contribution < 1.29 is 14.6 Å². The van der Waals surface area contributed by atoms with Crippen LogP contribution in [0.3, 0.4) is 0 Å². The molecule has 3 heteroatoms. The Labute approximate surface area is 78.4 Å². The third-order valence-electron chi connectivity index (χ3n) is 2.54. The number of rotatable bonds is 2. The van der Waals surface area contributed by atoms with Crippen molar-refractivity contribution in [3.63, 3.8) is 0 Å². The van der Waals surface area contributed by atoms with Crippen molar-refractivity contribution in [1.29, 1.82) is 0 Å². The van der Waals surface area contributed by atoms with E-state index in [1.807, 2.05) is 13.8 Å². The SMILES string of the molecule is CCC1(CC)OC(C)(O)C=CC1=O. The smallest absolute Gasteiger partial charge is 0.187 e. The summed E-state index contributed by atoms with van der Waals surface area (Å²) in [5, 5.41) is 9.63. The van der Waals surface area contributed by atoms with Crippen LogP contribution in [0.1, 0.15) is 33.6 Å². The topological polar surface area (TPSA) is 46.5 Å². The Morgan fingerprint density at radius 3 is 2.38 bits per heavy atom. The number of carbonyl (C=O) groups is 1. The van der Waals surface area contributed by atoms with E-state index in [1.165, 1.54) is 19.1 Å². The van der Waals surface area contributed by atoms with Gasteiger partial charge in [0.2, 0.25) is 0 Å². The Morgan fingerprint density at radius 2 is 2.00 bits per heavy atom. The fourth-order valence-corrected chi connectivity index (χ4v) is 1.60. The number of aliphatic hydroxyl groups is 1. The van der Waals surface area contributed by atoms with Gasteiger partial charge in [0.1, 0.15) is 5.60 Å². The average molecular weight is 184 g/mol. The van der Waals surface area contributed by atoms with E-state index in [1.54, 1.807) is 0 Å². The predicted molar refractivity (Wildman–Crippen MR) is 49.2 cm³/mol. The second kappa shape index (κ2) is 3.24. The molecule has 74 valence electrons. The zero-order chi connectivity index (χ0) is 10.1. The first-order valence-electron chi connectivity index (χ1n) is 4.62. The van der Waals surface area contributed by atoms with E-state index in [-0.39, 0.29) is 5.78 Å². The lowest BCUT2D eigenvalue weighted by atomic mass is 9.88. The highest BCUT2D eigenvalue weighted by molar-refractivity contribution is 5.97. The molecule has 0 aromatic carbocycles. The minimum absolute atomic E-state index is 0.0518. The molecule has 1 unspecified atom stereocenters. The number of hydrogen-bond acceptors (Lipinski definition) is 3. The van der Waals surface area contributed by atoms with Crippen molar-refractivity contribution in [1.82, 2.24) is 0 Å². The Kier molecular flexibility index (Phi) is 2.59. The minimum Gasteiger partial charge on any atom is -0.362 e. The van der Waals surface area contributed by atoms with Gasteiger partial charge in [0.05, 0.1) is 0 Å². The molecule has 3 nitrogen and oxygen atoms in total. The fourth-order valence-electron chi connectivity index (χ4n) is 1.60. The third-order valence-corrected chi connectivity index (χ3v) is 2.54. The zero-order valence-electron chi connectivity index (χ0n) is 8.33. The molecule has 0 aliphatic carbocycles. The van der Waals surface area contributed by atoms with Gasteiger partial charge in [0.15, 0.2) is 11.6 Å². The van der Waals surface area contributed by atoms with E-state index in [4.69, 9.17) is 4.74 Å². The first-order chi connectivity index (χ1) is 5.96. The molecule has 1 heterocycles. The van der Waals surface area contributed by atoms with Crippen LogP contribution in [0.25, 0.3) is 0 Å². The van der Waals surface area contributed by atoms with E-state index < -0.39 is 11.4 Å². The number of hydrogen-bond donors (Lipinski definition) is 1. The van der Waals surface area contributed by atoms with E-state index in [0.29, 0.717) is 12.8 Å². The van der Waals surface area contributed by atoms with Crippen LogP contribution in [-0.4, -0.2) is 22.3 Å². The van der Waals surface area contributed by atoms with Gasteiger partial charge >= 0.3 is 0 Å². The molecule has 0 saturated heterocycles. The first-order valence-corrected chi connectivity index (χ1v) is 4.62. The van der Waals surface area contributed by atoms with Crippen LogP contribution in [-0.2, 0) is 9.53 Å². The fraction of sp³-hybridized carbons (Fsp3) is 0.700. The Morgan fingerprint density at radius 1 is 1.46 bits per heavy atom. The van der Waals surface area contributed by atoms with Crippen LogP contribution in [0.5, 0.6) is 0 Å². The molecule has 0 saturated carbocycles. The molecule has 0 bridgehead atoms. The van der Waals surface area contributed by atoms with Crippen LogP contribution < -0.4 is 0 Å². The summed E-state index contributed by atoms with van der Waals surface area (Å²) in [6.07, 6.45) is 3.97. The van der Waals surface area contributed by atoms with Crippen molar-refractivity contribution in [2.24, 2.45) is 0 Å². The molecule has 1 aliphatic rings. The first kappa shape index (κ1) is 10.4. The molecule has 0 amide bonds. The summed E-state index contributed by atoms with van der Waals surface area (Å²) in [4.78, 5) is 11.5. The van der Waals surface area contributed by atoms with E-state index in [9.17, 15) is 9.90 Å².